The van der Waals surface area contributed by atoms with Crippen molar-refractivity contribution in [2.75, 3.05) is 11.9 Å². The highest BCUT2D eigenvalue weighted by atomic mass is 127. The maximum atomic E-state index is 11.8. The molecule has 1 aliphatic heterocycles. The zero-order valence-corrected chi connectivity index (χ0v) is 11.4. The van der Waals surface area contributed by atoms with Gasteiger partial charge in [0, 0.05) is 9.26 Å². The van der Waals surface area contributed by atoms with Gasteiger partial charge in [0.1, 0.15) is 0 Å². The quantitative estimate of drug-likeness (QED) is 0.817. The third-order valence-electron chi connectivity index (χ3n) is 2.82. The molecule has 3 nitrogen and oxygen atoms in total. The molecule has 86 valence electrons. The minimum Gasteiger partial charge on any atom is -0.325 e. The first kappa shape index (κ1) is 11.9. The van der Waals surface area contributed by atoms with E-state index in [0.717, 1.165) is 25.1 Å². The zero-order chi connectivity index (χ0) is 11.5. The molecule has 0 spiro atoms. The number of nitrogens with one attached hydrogen (secondary N) is 2. The number of anilines is 1. The van der Waals surface area contributed by atoms with Crippen LogP contribution in [0, 0.1) is 10.5 Å². The van der Waals surface area contributed by atoms with Gasteiger partial charge in [-0.25, -0.2) is 0 Å². The number of carbonyl (C=O) groups excluding carboxylic acids is 1. The number of benzene rings is 1. The third kappa shape index (κ3) is 2.74. The van der Waals surface area contributed by atoms with Crippen molar-refractivity contribution in [2.24, 2.45) is 0 Å². The first-order valence-electron chi connectivity index (χ1n) is 5.47. The number of hydrogen-bond donors (Lipinski definition) is 2. The minimum absolute atomic E-state index is 0.0148. The summed E-state index contributed by atoms with van der Waals surface area (Å²) in [5.74, 6) is 0.0807. The van der Waals surface area contributed by atoms with E-state index in [1.54, 1.807) is 0 Å². The zero-order valence-electron chi connectivity index (χ0n) is 9.22. The van der Waals surface area contributed by atoms with Crippen LogP contribution in [0.1, 0.15) is 18.4 Å². The second kappa shape index (κ2) is 5.14. The predicted octanol–water partition coefficient (Wildman–Crippen LogP) is 2.29. The van der Waals surface area contributed by atoms with Crippen LogP contribution in [0.25, 0.3) is 0 Å². The lowest BCUT2D eigenvalue weighted by Gasteiger charge is -2.11. The summed E-state index contributed by atoms with van der Waals surface area (Å²) < 4.78 is 1.18. The van der Waals surface area contributed by atoms with Crippen molar-refractivity contribution < 1.29 is 4.79 Å². The van der Waals surface area contributed by atoms with Crippen LogP contribution >= 0.6 is 22.6 Å². The summed E-state index contributed by atoms with van der Waals surface area (Å²) in [6.45, 7) is 3.01. The molecule has 0 saturated carbocycles. The van der Waals surface area contributed by atoms with Crippen LogP contribution in [0.15, 0.2) is 18.2 Å². The van der Waals surface area contributed by atoms with E-state index in [-0.39, 0.29) is 11.9 Å². The van der Waals surface area contributed by atoms with E-state index in [0.29, 0.717) is 0 Å². The number of rotatable bonds is 2. The summed E-state index contributed by atoms with van der Waals surface area (Å²) >= 11 is 2.28. The Bertz CT molecular complexity index is 400. The van der Waals surface area contributed by atoms with Gasteiger partial charge >= 0.3 is 0 Å². The SMILES string of the molecule is Cc1ccc(NC(=O)[C@H]2CCCN2)cc1I. The molecule has 2 N–H and O–H groups in total. The molecule has 1 saturated heterocycles. The number of carbonyl (C=O) groups is 1. The molecule has 0 radical (unpaired) electrons. The molecule has 1 heterocycles. The first-order valence-corrected chi connectivity index (χ1v) is 6.55. The van der Waals surface area contributed by atoms with E-state index in [2.05, 4.69) is 40.1 Å². The number of halogens is 1. The van der Waals surface area contributed by atoms with E-state index >= 15 is 0 Å². The monoisotopic (exact) mass is 330 g/mol. The van der Waals surface area contributed by atoms with E-state index in [1.807, 2.05) is 18.2 Å². The predicted molar refractivity (Wildman–Crippen MR) is 73.6 cm³/mol. The first-order chi connectivity index (χ1) is 7.66. The van der Waals surface area contributed by atoms with Crippen molar-refractivity contribution in [2.45, 2.75) is 25.8 Å². The average Bonchev–Trinajstić information content (AvgIpc) is 2.77. The van der Waals surface area contributed by atoms with E-state index in [4.69, 9.17) is 0 Å². The molecule has 0 unspecified atom stereocenters. The molecule has 1 atom stereocenters. The van der Waals surface area contributed by atoms with Gasteiger partial charge < -0.3 is 10.6 Å². The van der Waals surface area contributed by atoms with Gasteiger partial charge in [-0.3, -0.25) is 4.79 Å². The Morgan fingerprint density at radius 3 is 3.00 bits per heavy atom. The Balaban J connectivity index is 2.02. The molecule has 1 aromatic rings. The normalized spacial score (nSPS) is 19.8. The topological polar surface area (TPSA) is 41.1 Å². The molecule has 1 aromatic carbocycles. The summed E-state index contributed by atoms with van der Waals surface area (Å²) in [6, 6.07) is 5.96. The fourth-order valence-electron chi connectivity index (χ4n) is 1.81. The van der Waals surface area contributed by atoms with Crippen LogP contribution < -0.4 is 10.6 Å². The maximum Gasteiger partial charge on any atom is 0.241 e. The Hall–Kier alpha value is -0.620. The fraction of sp³-hybridized carbons (Fsp3) is 0.417. The lowest BCUT2D eigenvalue weighted by atomic mass is 10.2. The Morgan fingerprint density at radius 1 is 1.56 bits per heavy atom. The molecule has 4 heteroatoms. The average molecular weight is 330 g/mol. The van der Waals surface area contributed by atoms with E-state index in [1.165, 1.54) is 9.13 Å². The highest BCUT2D eigenvalue weighted by Crippen LogP contribution is 2.18. The van der Waals surface area contributed by atoms with Gasteiger partial charge in [-0.1, -0.05) is 6.07 Å². The summed E-state index contributed by atoms with van der Waals surface area (Å²) in [5, 5.41) is 6.13. The van der Waals surface area contributed by atoms with Crippen LogP contribution in [-0.2, 0) is 4.79 Å². The Labute approximate surface area is 109 Å². The Morgan fingerprint density at radius 2 is 2.38 bits per heavy atom. The van der Waals surface area contributed by atoms with Gasteiger partial charge in [-0.2, -0.15) is 0 Å². The maximum absolute atomic E-state index is 11.8. The molecule has 16 heavy (non-hydrogen) atoms. The summed E-state index contributed by atoms with van der Waals surface area (Å²) in [4.78, 5) is 11.8. The van der Waals surface area contributed by atoms with Gasteiger partial charge in [0.05, 0.1) is 6.04 Å². The highest BCUT2D eigenvalue weighted by molar-refractivity contribution is 14.1. The second-order valence-electron chi connectivity index (χ2n) is 4.10. The van der Waals surface area contributed by atoms with Crippen LogP contribution in [0.5, 0.6) is 0 Å². The van der Waals surface area contributed by atoms with Gasteiger partial charge in [-0.05, 0) is 66.6 Å². The summed E-state index contributed by atoms with van der Waals surface area (Å²) in [5.41, 5.74) is 2.12. The second-order valence-corrected chi connectivity index (χ2v) is 5.26. The Kier molecular flexibility index (Phi) is 3.81. The fourth-order valence-corrected chi connectivity index (χ4v) is 2.32. The largest absolute Gasteiger partial charge is 0.325 e. The molecule has 2 rings (SSSR count). The number of amides is 1. The van der Waals surface area contributed by atoms with Crippen molar-refractivity contribution in [3.63, 3.8) is 0 Å². The summed E-state index contributed by atoms with van der Waals surface area (Å²) in [7, 11) is 0. The third-order valence-corrected chi connectivity index (χ3v) is 3.98. The van der Waals surface area contributed by atoms with Crippen molar-refractivity contribution in [3.8, 4) is 0 Å². The summed E-state index contributed by atoms with van der Waals surface area (Å²) in [6.07, 6.45) is 2.03. The molecule has 0 aliphatic carbocycles. The van der Waals surface area contributed by atoms with Gasteiger partial charge in [0.25, 0.3) is 0 Å². The van der Waals surface area contributed by atoms with Crippen LogP contribution in [0.3, 0.4) is 0 Å². The van der Waals surface area contributed by atoms with E-state index in [9.17, 15) is 4.79 Å². The highest BCUT2D eigenvalue weighted by Gasteiger charge is 2.21. The van der Waals surface area contributed by atoms with Crippen LogP contribution in [0.4, 0.5) is 5.69 Å². The van der Waals surface area contributed by atoms with Crippen molar-refractivity contribution in [1.82, 2.24) is 5.32 Å². The van der Waals surface area contributed by atoms with Crippen LogP contribution in [-0.4, -0.2) is 18.5 Å². The standard InChI is InChI=1S/C12H15IN2O/c1-8-4-5-9(7-10(8)13)15-12(16)11-3-2-6-14-11/h4-5,7,11,14H,2-3,6H2,1H3,(H,15,16)/t11-/m1/s1. The number of hydrogen-bond acceptors (Lipinski definition) is 2. The van der Waals surface area contributed by atoms with Crippen molar-refractivity contribution in [1.29, 1.82) is 0 Å². The van der Waals surface area contributed by atoms with Crippen molar-refractivity contribution in [3.05, 3.63) is 27.3 Å². The van der Waals surface area contributed by atoms with Gasteiger partial charge in [0.2, 0.25) is 5.91 Å². The molecule has 0 aromatic heterocycles. The minimum atomic E-state index is -0.0148. The van der Waals surface area contributed by atoms with Crippen molar-refractivity contribution >= 4 is 34.2 Å². The lowest BCUT2D eigenvalue weighted by Crippen LogP contribution is -2.35. The molecule has 0 bridgehead atoms. The lowest BCUT2D eigenvalue weighted by molar-refractivity contribution is -0.117. The van der Waals surface area contributed by atoms with Gasteiger partial charge in [0.15, 0.2) is 0 Å². The van der Waals surface area contributed by atoms with E-state index < -0.39 is 0 Å². The van der Waals surface area contributed by atoms with Gasteiger partial charge in [-0.15, -0.1) is 0 Å². The molecular weight excluding hydrogens is 315 g/mol. The molecule has 1 fully saturated rings. The smallest absolute Gasteiger partial charge is 0.241 e. The molecular formula is C12H15IN2O. The molecule has 1 aliphatic rings. The van der Waals surface area contributed by atoms with Crippen LogP contribution in [0.2, 0.25) is 0 Å². The molecule has 1 amide bonds. The number of aryl methyl sites for hydroxylation is 1.